The van der Waals surface area contributed by atoms with Crippen LogP contribution in [-0.2, 0) is 10.2 Å². The molecule has 0 spiro atoms. The van der Waals surface area contributed by atoms with Crippen molar-refractivity contribution >= 4 is 52.0 Å². The third kappa shape index (κ3) is 5.63. The first kappa shape index (κ1) is 24.9. The number of rotatable bonds is 5. The second-order valence-corrected chi connectivity index (χ2v) is 10.5. The maximum Gasteiger partial charge on any atom is 0.248 e. The number of anilines is 1. The standard InChI is InChI=1S/C30H24Cl2N2O3/c1-30(2,3)19-6-4-18(5-7-19)29-34-25-17-21(9-13-27(25)37-29)33-28(35)15-11-22-10-14-26(36-22)23-12-8-20(31)16-24(23)32/h4-17H,1-3H3,(H,33,35)/b15-11+. The van der Waals surface area contributed by atoms with Crippen molar-refractivity contribution in [2.45, 2.75) is 26.2 Å². The Bertz CT molecular complexity index is 1620. The van der Waals surface area contributed by atoms with E-state index in [2.05, 4.69) is 43.2 Å². The molecule has 0 saturated heterocycles. The first-order valence-corrected chi connectivity index (χ1v) is 12.5. The predicted octanol–water partition coefficient (Wildman–Crippen LogP) is 9.01. The van der Waals surface area contributed by atoms with Gasteiger partial charge in [-0.3, -0.25) is 4.79 Å². The molecule has 3 aromatic carbocycles. The number of carbonyl (C=O) groups is 1. The van der Waals surface area contributed by atoms with Crippen LogP contribution in [0.1, 0.15) is 32.1 Å². The van der Waals surface area contributed by atoms with Crippen molar-refractivity contribution in [3.8, 4) is 22.8 Å². The smallest absolute Gasteiger partial charge is 0.248 e. The Labute approximate surface area is 224 Å². The average Bonchev–Trinajstić information content (AvgIpc) is 3.49. The number of halogens is 2. The van der Waals surface area contributed by atoms with Gasteiger partial charge < -0.3 is 14.2 Å². The molecule has 1 amide bonds. The Morgan fingerprint density at radius 3 is 2.43 bits per heavy atom. The number of hydrogen-bond acceptors (Lipinski definition) is 4. The Hall–Kier alpha value is -3.80. The van der Waals surface area contributed by atoms with E-state index in [0.717, 1.165) is 11.1 Å². The summed E-state index contributed by atoms with van der Waals surface area (Å²) in [6, 6.07) is 22.3. The number of nitrogens with zero attached hydrogens (tertiary/aromatic N) is 1. The molecule has 0 aliphatic carbocycles. The van der Waals surface area contributed by atoms with E-state index >= 15 is 0 Å². The zero-order valence-corrected chi connectivity index (χ0v) is 22.0. The highest BCUT2D eigenvalue weighted by Gasteiger charge is 2.15. The van der Waals surface area contributed by atoms with Gasteiger partial charge in [0.2, 0.25) is 11.8 Å². The summed E-state index contributed by atoms with van der Waals surface area (Å²) in [4.78, 5) is 17.1. The van der Waals surface area contributed by atoms with Gasteiger partial charge in [-0.15, -0.1) is 0 Å². The third-order valence-corrected chi connectivity index (χ3v) is 6.42. The molecule has 1 N–H and O–H groups in total. The SMILES string of the molecule is CC(C)(C)c1ccc(-c2nc3cc(NC(=O)/C=C/c4ccc(-c5ccc(Cl)cc5Cl)o4)ccc3o2)cc1. The van der Waals surface area contributed by atoms with Crippen LogP contribution >= 0.6 is 23.2 Å². The molecule has 0 bridgehead atoms. The number of aromatic nitrogens is 1. The van der Waals surface area contributed by atoms with Crippen molar-refractivity contribution in [1.82, 2.24) is 4.98 Å². The molecule has 7 heteroatoms. The maximum absolute atomic E-state index is 12.5. The van der Waals surface area contributed by atoms with E-state index in [-0.39, 0.29) is 11.3 Å². The lowest BCUT2D eigenvalue weighted by molar-refractivity contribution is -0.111. The second kappa shape index (κ2) is 9.92. The van der Waals surface area contributed by atoms with E-state index in [1.165, 1.54) is 11.6 Å². The molecule has 0 aliphatic rings. The molecule has 37 heavy (non-hydrogen) atoms. The molecular formula is C30H24Cl2N2O3. The minimum Gasteiger partial charge on any atom is -0.457 e. The molecule has 2 heterocycles. The van der Waals surface area contributed by atoms with E-state index in [9.17, 15) is 4.79 Å². The van der Waals surface area contributed by atoms with E-state index in [0.29, 0.717) is 44.2 Å². The van der Waals surface area contributed by atoms with Crippen molar-refractivity contribution in [3.63, 3.8) is 0 Å². The summed E-state index contributed by atoms with van der Waals surface area (Å²) in [5.74, 6) is 1.34. The Kier molecular flexibility index (Phi) is 6.67. The first-order chi connectivity index (χ1) is 17.7. The number of hydrogen-bond donors (Lipinski definition) is 1. The van der Waals surface area contributed by atoms with Gasteiger partial charge >= 0.3 is 0 Å². The highest BCUT2D eigenvalue weighted by Crippen LogP contribution is 2.32. The molecule has 0 saturated carbocycles. The minimum atomic E-state index is -0.302. The highest BCUT2D eigenvalue weighted by atomic mass is 35.5. The summed E-state index contributed by atoms with van der Waals surface area (Å²) in [7, 11) is 0. The summed E-state index contributed by atoms with van der Waals surface area (Å²) in [5, 5.41) is 3.88. The molecule has 5 nitrogen and oxygen atoms in total. The lowest BCUT2D eigenvalue weighted by Gasteiger charge is -2.18. The zero-order valence-electron chi connectivity index (χ0n) is 20.5. The number of carbonyl (C=O) groups excluding carboxylic acids is 1. The summed E-state index contributed by atoms with van der Waals surface area (Å²) in [5.41, 5.74) is 4.85. The van der Waals surface area contributed by atoms with Gasteiger partial charge in [0, 0.05) is 27.9 Å². The van der Waals surface area contributed by atoms with E-state index in [1.807, 2.05) is 12.1 Å². The molecule has 0 radical (unpaired) electrons. The molecule has 0 atom stereocenters. The van der Waals surface area contributed by atoms with E-state index in [4.69, 9.17) is 32.0 Å². The predicted molar refractivity (Wildman–Crippen MR) is 150 cm³/mol. The zero-order chi connectivity index (χ0) is 26.2. The van der Waals surface area contributed by atoms with Crippen LogP contribution in [0, 0.1) is 0 Å². The fraction of sp³-hybridized carbons (Fsp3) is 0.133. The minimum absolute atomic E-state index is 0.0744. The average molecular weight is 531 g/mol. The number of nitrogens with one attached hydrogen (secondary N) is 1. The summed E-state index contributed by atoms with van der Waals surface area (Å²) in [6.07, 6.45) is 3.00. The van der Waals surface area contributed by atoms with Crippen molar-refractivity contribution in [1.29, 1.82) is 0 Å². The van der Waals surface area contributed by atoms with Crippen LogP contribution in [0.2, 0.25) is 10.0 Å². The van der Waals surface area contributed by atoms with Crippen LogP contribution < -0.4 is 5.32 Å². The number of oxazole rings is 1. The Morgan fingerprint density at radius 2 is 1.70 bits per heavy atom. The van der Waals surface area contributed by atoms with E-state index in [1.54, 1.807) is 54.6 Å². The maximum atomic E-state index is 12.5. The van der Waals surface area contributed by atoms with Crippen LogP contribution in [0.4, 0.5) is 5.69 Å². The topological polar surface area (TPSA) is 68.3 Å². The van der Waals surface area contributed by atoms with Gasteiger partial charge in [-0.1, -0.05) is 56.1 Å². The summed E-state index contributed by atoms with van der Waals surface area (Å²) >= 11 is 12.2. The van der Waals surface area contributed by atoms with Gasteiger partial charge in [0.25, 0.3) is 0 Å². The summed E-state index contributed by atoms with van der Waals surface area (Å²) in [6.45, 7) is 6.53. The molecule has 0 unspecified atom stereocenters. The molecule has 186 valence electrons. The van der Waals surface area contributed by atoms with E-state index < -0.39 is 0 Å². The molecule has 0 aliphatic heterocycles. The lowest BCUT2D eigenvalue weighted by atomic mass is 9.87. The fourth-order valence-corrected chi connectivity index (χ4v) is 4.36. The number of benzene rings is 3. The van der Waals surface area contributed by atoms with Gasteiger partial charge in [0.05, 0.1) is 5.02 Å². The number of furan rings is 1. The van der Waals surface area contributed by atoms with Crippen LogP contribution in [0.3, 0.4) is 0 Å². The molecular weight excluding hydrogens is 507 g/mol. The largest absolute Gasteiger partial charge is 0.457 e. The van der Waals surface area contributed by atoms with Gasteiger partial charge in [-0.25, -0.2) is 4.98 Å². The highest BCUT2D eigenvalue weighted by molar-refractivity contribution is 6.36. The normalized spacial score (nSPS) is 11.9. The van der Waals surface area contributed by atoms with Gasteiger partial charge in [0.1, 0.15) is 17.0 Å². The molecule has 2 aromatic heterocycles. The fourth-order valence-electron chi connectivity index (χ4n) is 3.86. The van der Waals surface area contributed by atoms with Gasteiger partial charge in [-0.05, 0) is 77.7 Å². The van der Waals surface area contributed by atoms with Gasteiger partial charge in [-0.2, -0.15) is 0 Å². The molecule has 5 aromatic rings. The van der Waals surface area contributed by atoms with Crippen LogP contribution in [-0.4, -0.2) is 10.9 Å². The third-order valence-electron chi connectivity index (χ3n) is 5.88. The van der Waals surface area contributed by atoms with Gasteiger partial charge in [0.15, 0.2) is 5.58 Å². The van der Waals surface area contributed by atoms with Crippen molar-refractivity contribution in [2.75, 3.05) is 5.32 Å². The second-order valence-electron chi connectivity index (χ2n) is 9.68. The van der Waals surface area contributed by atoms with Crippen LogP contribution in [0.5, 0.6) is 0 Å². The van der Waals surface area contributed by atoms with Crippen molar-refractivity contribution < 1.29 is 13.6 Å². The lowest BCUT2D eigenvalue weighted by Crippen LogP contribution is -2.10. The van der Waals surface area contributed by atoms with Crippen LogP contribution in [0.15, 0.2) is 87.7 Å². The molecule has 5 rings (SSSR count). The number of amides is 1. The number of fused-ring (bicyclic) bond motifs is 1. The first-order valence-electron chi connectivity index (χ1n) is 11.7. The quantitative estimate of drug-likeness (QED) is 0.230. The Balaban J connectivity index is 1.27. The molecule has 0 fully saturated rings. The van der Waals surface area contributed by atoms with Crippen molar-refractivity contribution in [2.24, 2.45) is 0 Å². The van der Waals surface area contributed by atoms with Crippen molar-refractivity contribution in [3.05, 3.63) is 100 Å². The Morgan fingerprint density at radius 1 is 0.919 bits per heavy atom. The summed E-state index contributed by atoms with van der Waals surface area (Å²) < 4.78 is 11.7. The monoisotopic (exact) mass is 530 g/mol. The van der Waals surface area contributed by atoms with Crippen LogP contribution in [0.25, 0.3) is 40.0 Å².